The minimum Gasteiger partial charge on any atom is -0.465 e. The number of nitrogens with zero attached hydrogens (tertiary/aromatic N) is 2. The van der Waals surface area contributed by atoms with Gasteiger partial charge in [0.05, 0.1) is 36.2 Å². The maximum Gasteiger partial charge on any atom is 0.337 e. The topological polar surface area (TPSA) is 89.8 Å². The summed E-state index contributed by atoms with van der Waals surface area (Å²) in [4.78, 5) is 37.6. The van der Waals surface area contributed by atoms with Crippen LogP contribution in [0, 0.1) is 0 Å². The number of hydrogen-bond donors (Lipinski definition) is 1. The lowest BCUT2D eigenvalue weighted by Gasteiger charge is -2.16. The molecule has 0 aliphatic carbocycles. The van der Waals surface area contributed by atoms with Gasteiger partial charge in [-0.25, -0.2) is 10.2 Å². The zero-order valence-corrected chi connectivity index (χ0v) is 20.8. The van der Waals surface area contributed by atoms with E-state index in [9.17, 15) is 14.4 Å². The number of esters is 1. The van der Waals surface area contributed by atoms with Crippen molar-refractivity contribution in [3.05, 3.63) is 127 Å². The van der Waals surface area contributed by atoms with Gasteiger partial charge in [0.1, 0.15) is 5.15 Å². The number of benzene rings is 3. The lowest BCUT2D eigenvalue weighted by atomic mass is 9.91. The van der Waals surface area contributed by atoms with Crippen LogP contribution in [0.15, 0.2) is 94.8 Å². The number of carbonyl (C=O) groups is 2. The van der Waals surface area contributed by atoms with E-state index in [1.165, 1.54) is 17.9 Å². The van der Waals surface area contributed by atoms with E-state index in [1.807, 2.05) is 60.7 Å². The van der Waals surface area contributed by atoms with Crippen LogP contribution >= 0.6 is 22.9 Å². The van der Waals surface area contributed by atoms with Crippen LogP contribution in [0.2, 0.25) is 5.15 Å². The Morgan fingerprint density at radius 3 is 2.28 bits per heavy atom. The lowest BCUT2D eigenvalue weighted by Crippen LogP contribution is -2.26. The minimum absolute atomic E-state index is 0.170. The monoisotopic (exact) mass is 519 g/mol. The molecule has 0 unspecified atom stereocenters. The molecular formula is C27H22ClN3O4S. The number of hydrogen-bond acceptors (Lipinski definition) is 6. The molecule has 0 atom stereocenters. The normalized spacial score (nSPS) is 11.1. The van der Waals surface area contributed by atoms with Crippen molar-refractivity contribution < 1.29 is 14.3 Å². The van der Waals surface area contributed by atoms with Crippen molar-refractivity contribution in [2.45, 2.75) is 12.5 Å². The van der Waals surface area contributed by atoms with E-state index in [2.05, 4.69) is 10.5 Å². The van der Waals surface area contributed by atoms with Crippen LogP contribution in [-0.4, -0.2) is 29.8 Å². The highest BCUT2D eigenvalue weighted by atomic mass is 35.5. The molecular weight excluding hydrogens is 498 g/mol. The molecule has 0 aliphatic heterocycles. The summed E-state index contributed by atoms with van der Waals surface area (Å²) in [6.45, 7) is 0.170. The van der Waals surface area contributed by atoms with Gasteiger partial charge < -0.3 is 4.74 Å². The first-order valence-electron chi connectivity index (χ1n) is 11.0. The highest BCUT2D eigenvalue weighted by Crippen LogP contribution is 2.25. The van der Waals surface area contributed by atoms with E-state index in [-0.39, 0.29) is 22.5 Å². The van der Waals surface area contributed by atoms with Gasteiger partial charge in [-0.15, -0.1) is 0 Å². The van der Waals surface area contributed by atoms with Crippen LogP contribution in [0.4, 0.5) is 0 Å². The second kappa shape index (κ2) is 11.6. The summed E-state index contributed by atoms with van der Waals surface area (Å²) >= 11 is 7.37. The smallest absolute Gasteiger partial charge is 0.337 e. The summed E-state index contributed by atoms with van der Waals surface area (Å²) in [6.07, 6.45) is 1.36. The summed E-state index contributed by atoms with van der Waals surface area (Å²) in [5.74, 6) is -1.33. The van der Waals surface area contributed by atoms with Crippen molar-refractivity contribution in [3.8, 4) is 0 Å². The Morgan fingerprint density at radius 2 is 1.67 bits per heavy atom. The number of carbonyl (C=O) groups excluding carboxylic acids is 2. The Morgan fingerprint density at radius 1 is 1.03 bits per heavy atom. The van der Waals surface area contributed by atoms with E-state index >= 15 is 0 Å². The Labute approximate surface area is 216 Å². The van der Waals surface area contributed by atoms with E-state index in [0.29, 0.717) is 16.0 Å². The van der Waals surface area contributed by atoms with E-state index in [0.717, 1.165) is 22.5 Å². The van der Waals surface area contributed by atoms with Crippen molar-refractivity contribution in [1.82, 2.24) is 9.99 Å². The molecule has 1 amide bonds. The van der Waals surface area contributed by atoms with Gasteiger partial charge in [-0.3, -0.25) is 14.2 Å². The molecule has 4 rings (SSSR count). The first kappa shape index (κ1) is 25.1. The third kappa shape index (κ3) is 5.79. The van der Waals surface area contributed by atoms with Gasteiger partial charge >= 0.3 is 10.8 Å². The summed E-state index contributed by atoms with van der Waals surface area (Å²) in [6, 6.07) is 25.6. The number of methoxy groups -OCH3 is 1. The van der Waals surface area contributed by atoms with Crippen LogP contribution in [0.1, 0.15) is 37.8 Å². The minimum atomic E-state index is -0.551. The van der Waals surface area contributed by atoms with Gasteiger partial charge in [-0.2, -0.15) is 5.10 Å². The number of halogens is 1. The van der Waals surface area contributed by atoms with Crippen LogP contribution in [0.25, 0.3) is 0 Å². The molecule has 0 aliphatic rings. The quantitative estimate of drug-likeness (QED) is 0.208. The summed E-state index contributed by atoms with van der Waals surface area (Å²) in [5.41, 5.74) is 5.33. The van der Waals surface area contributed by atoms with Crippen molar-refractivity contribution >= 4 is 41.0 Å². The Kier molecular flexibility index (Phi) is 8.10. The second-order valence-electron chi connectivity index (χ2n) is 7.79. The summed E-state index contributed by atoms with van der Waals surface area (Å²) in [5, 5.41) is 4.26. The third-order valence-electron chi connectivity index (χ3n) is 5.43. The Balaban J connectivity index is 1.51. The molecule has 0 saturated carbocycles. The number of ether oxygens (including phenoxy) is 1. The maximum atomic E-state index is 13.1. The fraction of sp³-hybridized carbons (Fsp3) is 0.111. The molecule has 7 nitrogen and oxygen atoms in total. The molecule has 36 heavy (non-hydrogen) atoms. The third-order valence-corrected chi connectivity index (χ3v) is 6.86. The average molecular weight is 520 g/mol. The highest BCUT2D eigenvalue weighted by molar-refractivity contribution is 7.11. The molecule has 0 bridgehead atoms. The van der Waals surface area contributed by atoms with Gasteiger partial charge in [0.25, 0.3) is 5.91 Å². The molecule has 1 N–H and O–H groups in total. The van der Waals surface area contributed by atoms with Crippen molar-refractivity contribution in [2.75, 3.05) is 7.11 Å². The fourth-order valence-electron chi connectivity index (χ4n) is 3.72. The SMILES string of the molecule is COC(=O)c1cccc(Cn2c(Cl)c(/C=N\NC(=O)C(c3ccccc3)c3ccccc3)sc2=O)c1. The second-order valence-corrected chi connectivity index (χ2v) is 9.14. The average Bonchev–Trinajstić information content (AvgIpc) is 3.17. The zero-order chi connectivity index (χ0) is 25.5. The number of amides is 1. The first-order valence-corrected chi connectivity index (χ1v) is 12.2. The summed E-state index contributed by atoms with van der Waals surface area (Å²) in [7, 11) is 1.31. The van der Waals surface area contributed by atoms with Crippen molar-refractivity contribution in [3.63, 3.8) is 0 Å². The molecule has 0 radical (unpaired) electrons. The zero-order valence-electron chi connectivity index (χ0n) is 19.3. The number of nitrogens with one attached hydrogen (secondary N) is 1. The maximum absolute atomic E-state index is 13.1. The van der Waals surface area contributed by atoms with Crippen molar-refractivity contribution in [1.29, 1.82) is 0 Å². The molecule has 0 fully saturated rings. The molecule has 9 heteroatoms. The predicted octanol–water partition coefficient (Wildman–Crippen LogP) is 4.68. The largest absolute Gasteiger partial charge is 0.465 e. The molecule has 0 saturated heterocycles. The molecule has 1 heterocycles. The predicted molar refractivity (Wildman–Crippen MR) is 141 cm³/mol. The van der Waals surface area contributed by atoms with Gasteiger partial charge in [0.15, 0.2) is 0 Å². The van der Waals surface area contributed by atoms with Gasteiger partial charge in [-0.1, -0.05) is 95.7 Å². The van der Waals surface area contributed by atoms with Gasteiger partial charge in [0.2, 0.25) is 0 Å². The molecule has 1 aromatic heterocycles. The van der Waals surface area contributed by atoms with E-state index < -0.39 is 11.9 Å². The van der Waals surface area contributed by atoms with Crippen molar-refractivity contribution in [2.24, 2.45) is 5.10 Å². The molecule has 182 valence electrons. The standard InChI is InChI=1S/C27H22ClN3O4S/c1-35-26(33)21-14-8-9-18(15-21)17-31-24(28)22(36-27(31)34)16-29-30-25(32)23(19-10-4-2-5-11-19)20-12-6-3-7-13-20/h2-16,23H,17H2,1H3,(H,30,32)/b29-16-. The number of hydrazone groups is 1. The lowest BCUT2D eigenvalue weighted by molar-refractivity contribution is -0.121. The van der Waals surface area contributed by atoms with Crippen LogP contribution in [-0.2, 0) is 16.1 Å². The molecule has 3 aromatic carbocycles. The molecule has 0 spiro atoms. The number of aromatic nitrogens is 1. The fourth-order valence-corrected chi connectivity index (χ4v) is 4.83. The van der Waals surface area contributed by atoms with Crippen LogP contribution < -0.4 is 10.3 Å². The number of thiazole rings is 1. The Bertz CT molecular complexity index is 1410. The van der Waals surface area contributed by atoms with E-state index in [4.69, 9.17) is 16.3 Å². The Hall–Kier alpha value is -4.01. The van der Waals surface area contributed by atoms with E-state index in [1.54, 1.807) is 24.3 Å². The van der Waals surface area contributed by atoms with Gasteiger partial charge in [-0.05, 0) is 28.8 Å². The van der Waals surface area contributed by atoms with Crippen LogP contribution in [0.3, 0.4) is 0 Å². The number of rotatable bonds is 8. The van der Waals surface area contributed by atoms with Crippen LogP contribution in [0.5, 0.6) is 0 Å². The molecule has 4 aromatic rings. The summed E-state index contributed by atoms with van der Waals surface area (Å²) < 4.78 is 6.12. The highest BCUT2D eigenvalue weighted by Gasteiger charge is 2.22. The van der Waals surface area contributed by atoms with Gasteiger partial charge in [0, 0.05) is 0 Å². The first-order chi connectivity index (χ1) is 17.5.